The fourth-order valence-electron chi connectivity index (χ4n) is 7.51. The summed E-state index contributed by atoms with van der Waals surface area (Å²) in [7, 11) is 0. The SMILES string of the molecule is Cc1cc(C[N+]23CN4CN(CN(C4)C2)C3)c(O)c(C[N+]23CN4CN(CN(C4)C2)C3)c1.[Cl-].[Cl-]. The van der Waals surface area contributed by atoms with Gasteiger partial charge in [-0.25, -0.2) is 29.4 Å². The molecule has 0 unspecified atom stereocenters. The van der Waals surface area contributed by atoms with Crippen molar-refractivity contribution in [2.75, 3.05) is 80.0 Å². The molecule has 8 aliphatic rings. The Bertz CT molecular complexity index is 761. The standard InChI is InChI=1S/C21H33N8O.2ClH/c1-18-2-19(4-28-12-22-6-23(13-28)8-24(7-22)14-28)21(30)20(3-18)5-29-15-25-9-26(16-29)11-27(10-25)17-29;;/h2-3H,4-17H2,1H3;2*1H/q+1;;/p-1. The summed E-state index contributed by atoms with van der Waals surface area (Å²) in [4.78, 5) is 15.3. The number of aryl methyl sites for hydroxylation is 1. The van der Waals surface area contributed by atoms with Crippen molar-refractivity contribution in [2.45, 2.75) is 20.0 Å². The van der Waals surface area contributed by atoms with Gasteiger partial charge >= 0.3 is 0 Å². The molecule has 1 aromatic carbocycles. The van der Waals surface area contributed by atoms with Gasteiger partial charge in [0.2, 0.25) is 0 Å². The fourth-order valence-corrected chi connectivity index (χ4v) is 7.51. The molecule has 8 fully saturated rings. The number of aromatic hydroxyl groups is 1. The lowest BCUT2D eigenvalue weighted by Crippen LogP contribution is -3.00. The minimum atomic E-state index is 0. The van der Waals surface area contributed by atoms with Gasteiger partial charge in [0.15, 0.2) is 0 Å². The topological polar surface area (TPSA) is 39.7 Å². The Hall–Kier alpha value is -0.720. The number of hydrogen-bond donors (Lipinski definition) is 1. The Morgan fingerprint density at radius 1 is 0.625 bits per heavy atom. The molecule has 178 valence electrons. The van der Waals surface area contributed by atoms with Crippen molar-refractivity contribution in [3.63, 3.8) is 0 Å². The highest BCUT2D eigenvalue weighted by molar-refractivity contribution is 5.43. The van der Waals surface area contributed by atoms with Crippen LogP contribution < -0.4 is 24.8 Å². The minimum Gasteiger partial charge on any atom is -1.00 e. The van der Waals surface area contributed by atoms with Crippen LogP contribution in [0.4, 0.5) is 0 Å². The van der Waals surface area contributed by atoms with Gasteiger partial charge in [-0.3, -0.25) is 8.97 Å². The first-order chi connectivity index (χ1) is 14.4. The Kier molecular flexibility index (Phi) is 5.70. The predicted octanol–water partition coefficient (Wildman–Crippen LogP) is -6.27. The van der Waals surface area contributed by atoms with Crippen molar-refractivity contribution >= 4 is 0 Å². The lowest BCUT2D eigenvalue weighted by molar-refractivity contribution is -0.992. The number of nitrogens with zero attached hydrogens (tertiary/aromatic N) is 8. The molecule has 0 atom stereocenters. The summed E-state index contributed by atoms with van der Waals surface area (Å²) in [5.41, 5.74) is 3.57. The van der Waals surface area contributed by atoms with E-state index in [-0.39, 0.29) is 24.8 Å². The summed E-state index contributed by atoms with van der Waals surface area (Å²) in [6.45, 7) is 17.3. The van der Waals surface area contributed by atoms with E-state index in [1.54, 1.807) is 0 Å². The smallest absolute Gasteiger partial charge is 0.139 e. The van der Waals surface area contributed by atoms with Crippen molar-refractivity contribution < 1.29 is 38.9 Å². The molecule has 8 saturated heterocycles. The summed E-state index contributed by atoms with van der Waals surface area (Å²) in [5.74, 6) is 0.559. The van der Waals surface area contributed by atoms with Gasteiger partial charge in [-0.1, -0.05) is 0 Å². The van der Waals surface area contributed by atoms with Crippen LogP contribution in [0.3, 0.4) is 0 Å². The second kappa shape index (κ2) is 7.91. The zero-order valence-corrected chi connectivity index (χ0v) is 20.3. The molecule has 1 N–H and O–H groups in total. The van der Waals surface area contributed by atoms with Crippen LogP contribution in [-0.4, -0.2) is 123 Å². The molecule has 0 amide bonds. The molecule has 9 rings (SSSR count). The number of quaternary nitrogens is 2. The van der Waals surface area contributed by atoms with Crippen molar-refractivity contribution in [2.24, 2.45) is 0 Å². The van der Waals surface area contributed by atoms with Crippen molar-refractivity contribution in [3.8, 4) is 5.75 Å². The Morgan fingerprint density at radius 2 is 0.906 bits per heavy atom. The lowest BCUT2D eigenvalue weighted by atomic mass is 10.0. The van der Waals surface area contributed by atoms with Crippen LogP contribution in [0, 0.1) is 6.92 Å². The van der Waals surface area contributed by atoms with Crippen LogP contribution in [-0.2, 0) is 13.1 Å². The Balaban J connectivity index is 0.00000108. The van der Waals surface area contributed by atoms with Crippen LogP contribution in [0.15, 0.2) is 12.1 Å². The summed E-state index contributed by atoms with van der Waals surface area (Å²) in [6.07, 6.45) is 0. The van der Waals surface area contributed by atoms with Crippen molar-refractivity contribution in [3.05, 3.63) is 28.8 Å². The zero-order valence-electron chi connectivity index (χ0n) is 18.8. The van der Waals surface area contributed by atoms with E-state index < -0.39 is 0 Å². The number of hydrogen-bond acceptors (Lipinski definition) is 7. The molecule has 32 heavy (non-hydrogen) atoms. The molecule has 1 aromatic rings. The van der Waals surface area contributed by atoms with Gasteiger partial charge in [0.05, 0.1) is 40.0 Å². The number of halogens is 2. The third kappa shape index (κ3) is 3.73. The molecule has 8 heterocycles. The van der Waals surface area contributed by atoms with E-state index in [1.165, 1.54) is 5.56 Å². The average molecular weight is 485 g/mol. The predicted molar refractivity (Wildman–Crippen MR) is 110 cm³/mol. The molecule has 0 radical (unpaired) electrons. The van der Waals surface area contributed by atoms with Crippen LogP contribution in [0.1, 0.15) is 16.7 Å². The third-order valence-corrected chi connectivity index (χ3v) is 7.82. The number of phenolic OH excluding ortho intramolecular Hbond substituents is 1. The van der Waals surface area contributed by atoms with Crippen LogP contribution in [0.5, 0.6) is 5.75 Å². The second-order valence-corrected chi connectivity index (χ2v) is 11.2. The van der Waals surface area contributed by atoms with Gasteiger partial charge in [0, 0.05) is 11.1 Å². The fraction of sp³-hybridized carbons (Fsp3) is 0.714. The molecular formula is C21H34Cl2N8O. The van der Waals surface area contributed by atoms with Crippen LogP contribution in [0.2, 0.25) is 0 Å². The van der Waals surface area contributed by atoms with E-state index >= 15 is 0 Å². The zero-order chi connectivity index (χ0) is 20.1. The molecule has 0 aliphatic carbocycles. The molecule has 0 saturated carbocycles. The molecule has 8 bridgehead atoms. The molecule has 0 aromatic heterocycles. The third-order valence-electron chi connectivity index (χ3n) is 7.82. The van der Waals surface area contributed by atoms with E-state index in [2.05, 4.69) is 48.5 Å². The molecular weight excluding hydrogens is 451 g/mol. The van der Waals surface area contributed by atoms with Crippen LogP contribution >= 0.6 is 0 Å². The lowest BCUT2D eigenvalue weighted by Gasteiger charge is -2.61. The van der Waals surface area contributed by atoms with Crippen molar-refractivity contribution in [1.29, 1.82) is 0 Å². The maximum absolute atomic E-state index is 11.4. The van der Waals surface area contributed by atoms with E-state index in [1.807, 2.05) is 0 Å². The Morgan fingerprint density at radius 3 is 1.19 bits per heavy atom. The number of phenols is 1. The van der Waals surface area contributed by atoms with Gasteiger partial charge in [0.1, 0.15) is 58.9 Å². The number of rotatable bonds is 4. The van der Waals surface area contributed by atoms with Gasteiger partial charge in [0.25, 0.3) is 0 Å². The molecule has 9 nitrogen and oxygen atoms in total. The average Bonchev–Trinajstić information content (AvgIpc) is 2.62. The first-order valence-electron chi connectivity index (χ1n) is 11.3. The first kappa shape index (κ1) is 23.0. The van der Waals surface area contributed by atoms with Gasteiger partial charge in [-0.05, 0) is 24.6 Å². The molecule has 11 heteroatoms. The highest BCUT2D eigenvalue weighted by Crippen LogP contribution is 2.37. The highest BCUT2D eigenvalue weighted by atomic mass is 35.5. The summed E-state index contributed by atoms with van der Waals surface area (Å²) in [5, 5.41) is 11.4. The van der Waals surface area contributed by atoms with E-state index in [0.717, 1.165) is 113 Å². The largest absolute Gasteiger partial charge is 1.00 e. The van der Waals surface area contributed by atoms with E-state index in [4.69, 9.17) is 0 Å². The molecule has 8 aliphatic heterocycles. The van der Waals surface area contributed by atoms with Gasteiger partial charge in [-0.15, -0.1) is 0 Å². The summed E-state index contributed by atoms with van der Waals surface area (Å²) >= 11 is 0. The number of benzene rings is 1. The normalized spacial score (nSPS) is 44.9. The van der Waals surface area contributed by atoms with Gasteiger partial charge < -0.3 is 29.9 Å². The quantitative estimate of drug-likeness (QED) is 0.426. The molecule has 0 spiro atoms. The van der Waals surface area contributed by atoms with E-state index in [0.29, 0.717) is 5.75 Å². The van der Waals surface area contributed by atoms with Gasteiger partial charge in [-0.2, -0.15) is 0 Å². The maximum atomic E-state index is 11.4. The minimum absolute atomic E-state index is 0. The Labute approximate surface area is 202 Å². The monoisotopic (exact) mass is 484 g/mol. The van der Waals surface area contributed by atoms with Crippen molar-refractivity contribution in [1.82, 2.24) is 29.4 Å². The summed E-state index contributed by atoms with van der Waals surface area (Å²) in [6, 6.07) is 4.47. The maximum Gasteiger partial charge on any atom is 0.139 e. The van der Waals surface area contributed by atoms with Crippen LogP contribution in [0.25, 0.3) is 0 Å². The highest BCUT2D eigenvalue weighted by Gasteiger charge is 2.50. The summed E-state index contributed by atoms with van der Waals surface area (Å²) < 4.78 is 2.07. The van der Waals surface area contributed by atoms with E-state index in [9.17, 15) is 5.11 Å². The second-order valence-electron chi connectivity index (χ2n) is 11.2. The first-order valence-corrected chi connectivity index (χ1v) is 11.3.